The quantitative estimate of drug-likeness (QED) is 0.526. The molecule has 3 aliphatic rings. The van der Waals surface area contributed by atoms with Gasteiger partial charge in [-0.1, -0.05) is 32.9 Å². The van der Waals surface area contributed by atoms with E-state index in [9.17, 15) is 4.79 Å². The van der Waals surface area contributed by atoms with Gasteiger partial charge in [-0.2, -0.15) is 0 Å². The Labute approximate surface area is 111 Å². The van der Waals surface area contributed by atoms with Crippen LogP contribution in [-0.4, -0.2) is 6.29 Å². The third-order valence-electron chi connectivity index (χ3n) is 6.61. The number of hydrogen-bond donors (Lipinski definition) is 0. The Morgan fingerprint density at radius 2 is 2.06 bits per heavy atom. The van der Waals surface area contributed by atoms with E-state index >= 15 is 0 Å². The van der Waals surface area contributed by atoms with Crippen LogP contribution < -0.4 is 0 Å². The first kappa shape index (κ1) is 12.4. The lowest BCUT2D eigenvalue weighted by molar-refractivity contribution is -0.129. The van der Waals surface area contributed by atoms with Gasteiger partial charge in [0.1, 0.15) is 6.29 Å². The van der Waals surface area contributed by atoms with Crippen LogP contribution in [0.25, 0.3) is 0 Å². The minimum atomic E-state index is -0.0713. The van der Waals surface area contributed by atoms with Crippen molar-refractivity contribution in [2.75, 3.05) is 0 Å². The molecule has 2 bridgehead atoms. The topological polar surface area (TPSA) is 17.1 Å². The standard InChI is InChI=1S/C17H26O/c1-12-6-4-5-9-17(12,11-18)15-13-7-8-14(10-13)16(15,2)3/h4,6,11-15H,5,7-10H2,1-3H3. The Morgan fingerprint density at radius 1 is 1.28 bits per heavy atom. The lowest BCUT2D eigenvalue weighted by atomic mass is 9.52. The van der Waals surface area contributed by atoms with Gasteiger partial charge in [-0.25, -0.2) is 0 Å². The van der Waals surface area contributed by atoms with E-state index in [2.05, 4.69) is 32.9 Å². The number of allylic oxidation sites excluding steroid dienone is 2. The normalized spacial score (nSPS) is 49.5. The lowest BCUT2D eigenvalue weighted by Crippen LogP contribution is -2.48. The molecule has 0 aromatic carbocycles. The van der Waals surface area contributed by atoms with Gasteiger partial charge in [-0.05, 0) is 61.2 Å². The van der Waals surface area contributed by atoms with Gasteiger partial charge in [0.25, 0.3) is 0 Å². The number of fused-ring (bicyclic) bond motifs is 2. The molecule has 2 fully saturated rings. The van der Waals surface area contributed by atoms with Crippen molar-refractivity contribution in [3.8, 4) is 0 Å². The zero-order valence-electron chi connectivity index (χ0n) is 12.0. The first-order chi connectivity index (χ1) is 8.52. The zero-order chi connectivity index (χ0) is 13.0. The second kappa shape index (κ2) is 3.95. The molecule has 0 heterocycles. The third-order valence-corrected chi connectivity index (χ3v) is 6.61. The number of hydrogen-bond acceptors (Lipinski definition) is 1. The van der Waals surface area contributed by atoms with Crippen LogP contribution in [0.2, 0.25) is 0 Å². The minimum Gasteiger partial charge on any atom is -0.303 e. The number of aldehydes is 1. The van der Waals surface area contributed by atoms with E-state index in [0.29, 0.717) is 17.3 Å². The molecule has 2 saturated carbocycles. The van der Waals surface area contributed by atoms with Crippen LogP contribution in [0.5, 0.6) is 0 Å². The highest BCUT2D eigenvalue weighted by Gasteiger charge is 2.61. The summed E-state index contributed by atoms with van der Waals surface area (Å²) >= 11 is 0. The van der Waals surface area contributed by atoms with Gasteiger partial charge in [0.05, 0.1) is 0 Å². The van der Waals surface area contributed by atoms with Gasteiger partial charge in [0.2, 0.25) is 0 Å². The van der Waals surface area contributed by atoms with Crippen LogP contribution >= 0.6 is 0 Å². The molecule has 3 rings (SSSR count). The zero-order valence-corrected chi connectivity index (χ0v) is 12.0. The Bertz CT molecular complexity index is 381. The molecule has 0 saturated heterocycles. The molecule has 0 N–H and O–H groups in total. The van der Waals surface area contributed by atoms with Crippen molar-refractivity contribution < 1.29 is 4.79 Å². The van der Waals surface area contributed by atoms with E-state index in [1.54, 1.807) is 0 Å². The summed E-state index contributed by atoms with van der Waals surface area (Å²) in [6, 6.07) is 0. The fraction of sp³-hybridized carbons (Fsp3) is 0.824. The van der Waals surface area contributed by atoms with Gasteiger partial charge in [0.15, 0.2) is 0 Å². The predicted molar refractivity (Wildman–Crippen MR) is 74.1 cm³/mol. The average molecular weight is 246 g/mol. The molecule has 0 aromatic rings. The van der Waals surface area contributed by atoms with Gasteiger partial charge in [-0.15, -0.1) is 0 Å². The summed E-state index contributed by atoms with van der Waals surface area (Å²) in [5.41, 5.74) is 0.293. The van der Waals surface area contributed by atoms with E-state index in [0.717, 1.165) is 24.7 Å². The molecular weight excluding hydrogens is 220 g/mol. The van der Waals surface area contributed by atoms with Crippen molar-refractivity contribution in [1.82, 2.24) is 0 Å². The maximum absolute atomic E-state index is 12.0. The van der Waals surface area contributed by atoms with Crippen molar-refractivity contribution in [2.45, 2.75) is 52.9 Å². The van der Waals surface area contributed by atoms with E-state index in [1.807, 2.05) is 0 Å². The molecule has 1 nitrogen and oxygen atoms in total. The van der Waals surface area contributed by atoms with Crippen LogP contribution in [0.3, 0.4) is 0 Å². The van der Waals surface area contributed by atoms with Crippen molar-refractivity contribution in [3.05, 3.63) is 12.2 Å². The second-order valence-electron chi connectivity index (χ2n) is 7.55. The Hall–Kier alpha value is -0.590. The number of carbonyl (C=O) groups is 1. The van der Waals surface area contributed by atoms with E-state index in [1.165, 1.54) is 25.5 Å². The molecule has 1 heteroatoms. The Kier molecular flexibility index (Phi) is 2.73. The van der Waals surface area contributed by atoms with E-state index in [4.69, 9.17) is 0 Å². The van der Waals surface area contributed by atoms with Crippen LogP contribution in [0, 0.1) is 34.5 Å². The molecule has 18 heavy (non-hydrogen) atoms. The van der Waals surface area contributed by atoms with Gasteiger partial charge in [0, 0.05) is 5.41 Å². The van der Waals surface area contributed by atoms with Crippen molar-refractivity contribution in [1.29, 1.82) is 0 Å². The smallest absolute Gasteiger partial charge is 0.127 e. The van der Waals surface area contributed by atoms with Crippen molar-refractivity contribution >= 4 is 6.29 Å². The molecule has 0 spiro atoms. The Balaban J connectivity index is 2.02. The summed E-state index contributed by atoms with van der Waals surface area (Å²) in [5, 5.41) is 0. The van der Waals surface area contributed by atoms with Crippen molar-refractivity contribution in [2.24, 2.45) is 34.5 Å². The maximum atomic E-state index is 12.0. The van der Waals surface area contributed by atoms with Crippen LogP contribution in [-0.2, 0) is 4.79 Å². The summed E-state index contributed by atoms with van der Waals surface area (Å²) in [6.07, 6.45) is 12.2. The fourth-order valence-electron chi connectivity index (χ4n) is 5.71. The van der Waals surface area contributed by atoms with Gasteiger partial charge in [-0.3, -0.25) is 0 Å². The first-order valence-corrected chi connectivity index (χ1v) is 7.65. The van der Waals surface area contributed by atoms with Crippen LogP contribution in [0.4, 0.5) is 0 Å². The minimum absolute atomic E-state index is 0.0713. The molecule has 0 amide bonds. The molecule has 5 atom stereocenters. The molecule has 100 valence electrons. The molecule has 5 unspecified atom stereocenters. The molecular formula is C17H26O. The monoisotopic (exact) mass is 246 g/mol. The van der Waals surface area contributed by atoms with Crippen molar-refractivity contribution in [3.63, 3.8) is 0 Å². The summed E-state index contributed by atoms with van der Waals surface area (Å²) in [6.45, 7) is 7.11. The molecule has 0 aliphatic heterocycles. The molecule has 0 radical (unpaired) electrons. The SMILES string of the molecule is CC1C=CCCC1(C=O)C1C2CCC(C2)C1(C)C. The predicted octanol–water partition coefficient (Wildman–Crippen LogP) is 4.23. The highest BCUT2D eigenvalue weighted by atomic mass is 16.1. The Morgan fingerprint density at radius 3 is 2.61 bits per heavy atom. The van der Waals surface area contributed by atoms with Gasteiger partial charge >= 0.3 is 0 Å². The summed E-state index contributed by atoms with van der Waals surface area (Å²) in [5.74, 6) is 2.71. The molecule has 0 aromatic heterocycles. The number of carbonyl (C=O) groups excluding carboxylic acids is 1. The van der Waals surface area contributed by atoms with Gasteiger partial charge < -0.3 is 4.79 Å². The van der Waals surface area contributed by atoms with Crippen LogP contribution in [0.15, 0.2) is 12.2 Å². The highest BCUT2D eigenvalue weighted by Crippen LogP contribution is 2.66. The summed E-state index contributed by atoms with van der Waals surface area (Å²) in [4.78, 5) is 12.0. The number of rotatable bonds is 2. The van der Waals surface area contributed by atoms with E-state index < -0.39 is 0 Å². The van der Waals surface area contributed by atoms with Crippen LogP contribution in [0.1, 0.15) is 52.9 Å². The highest BCUT2D eigenvalue weighted by molar-refractivity contribution is 5.62. The lowest BCUT2D eigenvalue weighted by Gasteiger charge is -2.51. The second-order valence-corrected chi connectivity index (χ2v) is 7.55. The third kappa shape index (κ3) is 1.42. The largest absolute Gasteiger partial charge is 0.303 e. The molecule has 3 aliphatic carbocycles. The average Bonchev–Trinajstić information content (AvgIpc) is 2.89. The maximum Gasteiger partial charge on any atom is 0.127 e. The summed E-state index contributed by atoms with van der Waals surface area (Å²) < 4.78 is 0. The fourth-order valence-corrected chi connectivity index (χ4v) is 5.71. The summed E-state index contributed by atoms with van der Waals surface area (Å²) in [7, 11) is 0. The van der Waals surface area contributed by atoms with E-state index in [-0.39, 0.29) is 5.41 Å². The first-order valence-electron chi connectivity index (χ1n) is 7.65.